The van der Waals surface area contributed by atoms with E-state index in [2.05, 4.69) is 0 Å². The van der Waals surface area contributed by atoms with Crippen LogP contribution in [0.5, 0.6) is 5.75 Å². The highest BCUT2D eigenvalue weighted by Crippen LogP contribution is 2.23. The fourth-order valence-electron chi connectivity index (χ4n) is 2.03. The number of nitrogens with two attached hydrogens (primary N) is 1. The van der Waals surface area contributed by atoms with Crippen molar-refractivity contribution in [2.24, 2.45) is 5.73 Å². The Morgan fingerprint density at radius 2 is 2.00 bits per heavy atom. The molecule has 0 aliphatic heterocycles. The molecule has 0 saturated carbocycles. The number of rotatable bonds is 7. The van der Waals surface area contributed by atoms with E-state index < -0.39 is 5.91 Å². The van der Waals surface area contributed by atoms with E-state index in [0.29, 0.717) is 5.75 Å². The molecule has 2 N–H and O–H groups in total. The highest BCUT2D eigenvalue weighted by atomic mass is 32.1. The largest absolute Gasteiger partial charge is 0.484 e. The fraction of sp³-hybridized carbons (Fsp3) is 0.222. The molecule has 0 saturated heterocycles. The van der Waals surface area contributed by atoms with Crippen molar-refractivity contribution in [3.8, 4) is 5.75 Å². The third kappa shape index (κ3) is 4.96. The van der Waals surface area contributed by atoms with E-state index in [4.69, 9.17) is 10.5 Å². The van der Waals surface area contributed by atoms with Gasteiger partial charge in [0.1, 0.15) is 5.75 Å². The van der Waals surface area contributed by atoms with Gasteiger partial charge in [0, 0.05) is 18.0 Å². The number of amides is 2. The number of thiophene rings is 1. The van der Waals surface area contributed by atoms with Gasteiger partial charge in [-0.05, 0) is 42.1 Å². The minimum atomic E-state index is -0.521. The van der Waals surface area contributed by atoms with E-state index in [1.54, 1.807) is 47.6 Å². The number of nitrogens with zero attached hydrogens (tertiary/aromatic N) is 1. The topological polar surface area (TPSA) is 72.6 Å². The van der Waals surface area contributed by atoms with Crippen molar-refractivity contribution < 1.29 is 14.3 Å². The zero-order chi connectivity index (χ0) is 17.5. The second-order valence-electron chi connectivity index (χ2n) is 5.30. The van der Waals surface area contributed by atoms with Gasteiger partial charge in [-0.15, -0.1) is 11.3 Å². The summed E-state index contributed by atoms with van der Waals surface area (Å²) in [6.45, 7) is 1.85. The summed E-state index contributed by atoms with van der Waals surface area (Å²) in [6.07, 6.45) is 3.29. The Bertz CT molecular complexity index is 708. The van der Waals surface area contributed by atoms with Crippen LogP contribution in [0, 0.1) is 0 Å². The summed E-state index contributed by atoms with van der Waals surface area (Å²) < 4.78 is 5.19. The second kappa shape index (κ2) is 8.31. The van der Waals surface area contributed by atoms with Gasteiger partial charge in [0.05, 0.1) is 6.04 Å². The minimum Gasteiger partial charge on any atom is -0.484 e. The third-order valence-electron chi connectivity index (χ3n) is 3.56. The summed E-state index contributed by atoms with van der Waals surface area (Å²) >= 11 is 1.63. The first kappa shape index (κ1) is 17.7. The lowest BCUT2D eigenvalue weighted by Crippen LogP contribution is -2.27. The van der Waals surface area contributed by atoms with Crippen molar-refractivity contribution in [1.29, 1.82) is 0 Å². The molecule has 0 aliphatic carbocycles. The lowest BCUT2D eigenvalue weighted by Gasteiger charge is -2.22. The molecule has 0 unspecified atom stereocenters. The normalized spacial score (nSPS) is 12.1. The van der Waals surface area contributed by atoms with Gasteiger partial charge in [-0.1, -0.05) is 18.2 Å². The van der Waals surface area contributed by atoms with Crippen LogP contribution in [0.25, 0.3) is 6.08 Å². The van der Waals surface area contributed by atoms with Gasteiger partial charge < -0.3 is 15.4 Å². The van der Waals surface area contributed by atoms with E-state index >= 15 is 0 Å². The van der Waals surface area contributed by atoms with Gasteiger partial charge in [0.2, 0.25) is 5.91 Å². The molecule has 2 rings (SSSR count). The average molecular weight is 344 g/mol. The predicted molar refractivity (Wildman–Crippen MR) is 95.7 cm³/mol. The Hall–Kier alpha value is -2.60. The molecule has 1 heterocycles. The van der Waals surface area contributed by atoms with Crippen molar-refractivity contribution in [2.45, 2.75) is 13.0 Å². The molecule has 2 aromatic rings. The molecular formula is C18H20N2O3S. The number of hydrogen-bond donors (Lipinski definition) is 1. The lowest BCUT2D eigenvalue weighted by molar-refractivity contribution is -0.126. The molecule has 0 aliphatic rings. The van der Waals surface area contributed by atoms with Gasteiger partial charge in [0.25, 0.3) is 5.91 Å². The Morgan fingerprint density at radius 3 is 2.58 bits per heavy atom. The maximum absolute atomic E-state index is 12.3. The van der Waals surface area contributed by atoms with Gasteiger partial charge >= 0.3 is 0 Å². The summed E-state index contributed by atoms with van der Waals surface area (Å²) in [5.41, 5.74) is 5.89. The molecule has 2 amide bonds. The first-order valence-electron chi connectivity index (χ1n) is 7.47. The molecule has 5 nitrogen and oxygen atoms in total. The first-order valence-corrected chi connectivity index (χ1v) is 8.35. The molecule has 0 bridgehead atoms. The standard InChI is InChI=1S/C18H20N2O3S/c1-13(16-4-3-11-24-16)20(2)18(22)10-7-14-5-8-15(9-6-14)23-12-17(19)21/h3-11,13H,12H2,1-2H3,(H2,19,21)/b10-7+/t13-/m1/s1. The lowest BCUT2D eigenvalue weighted by atomic mass is 10.2. The first-order chi connectivity index (χ1) is 11.5. The van der Waals surface area contributed by atoms with Crippen LogP contribution in [0.2, 0.25) is 0 Å². The van der Waals surface area contributed by atoms with Gasteiger partial charge in [-0.2, -0.15) is 0 Å². The summed E-state index contributed by atoms with van der Waals surface area (Å²) in [5.74, 6) is -0.0295. The SMILES string of the molecule is C[C@H](c1cccs1)N(C)C(=O)/C=C/c1ccc(OCC(N)=O)cc1. The van der Waals surface area contributed by atoms with Crippen LogP contribution >= 0.6 is 11.3 Å². The summed E-state index contributed by atoms with van der Waals surface area (Å²) in [5, 5.41) is 2.00. The predicted octanol–water partition coefficient (Wildman–Crippen LogP) is 2.85. The Morgan fingerprint density at radius 1 is 1.29 bits per heavy atom. The van der Waals surface area contributed by atoms with Crippen LogP contribution in [0.1, 0.15) is 23.4 Å². The average Bonchev–Trinajstić information content (AvgIpc) is 3.12. The van der Waals surface area contributed by atoms with Crippen LogP contribution < -0.4 is 10.5 Å². The quantitative estimate of drug-likeness (QED) is 0.785. The molecule has 0 spiro atoms. The molecule has 24 heavy (non-hydrogen) atoms. The van der Waals surface area contributed by atoms with Crippen molar-refractivity contribution >= 4 is 29.2 Å². The van der Waals surface area contributed by atoms with E-state index in [1.165, 1.54) is 0 Å². The number of ether oxygens (including phenoxy) is 1. The molecule has 1 atom stereocenters. The van der Waals surface area contributed by atoms with Crippen molar-refractivity contribution in [3.05, 3.63) is 58.3 Å². The number of primary amides is 1. The fourth-order valence-corrected chi connectivity index (χ4v) is 2.85. The molecular weight excluding hydrogens is 324 g/mol. The smallest absolute Gasteiger partial charge is 0.255 e. The van der Waals surface area contributed by atoms with E-state index in [0.717, 1.165) is 10.4 Å². The Kier molecular flexibility index (Phi) is 6.14. The highest BCUT2D eigenvalue weighted by molar-refractivity contribution is 7.10. The monoisotopic (exact) mass is 344 g/mol. The van der Waals surface area contributed by atoms with Gasteiger partial charge in [-0.25, -0.2) is 0 Å². The van der Waals surface area contributed by atoms with Crippen LogP contribution in [-0.4, -0.2) is 30.4 Å². The number of carbonyl (C=O) groups excluding carboxylic acids is 2. The van der Waals surface area contributed by atoms with Gasteiger partial charge in [0.15, 0.2) is 6.61 Å². The van der Waals surface area contributed by atoms with Crippen molar-refractivity contribution in [3.63, 3.8) is 0 Å². The molecule has 0 radical (unpaired) electrons. The summed E-state index contributed by atoms with van der Waals surface area (Å²) in [6, 6.07) is 11.1. The van der Waals surface area contributed by atoms with Crippen LogP contribution in [-0.2, 0) is 9.59 Å². The number of carbonyl (C=O) groups is 2. The van der Waals surface area contributed by atoms with E-state index in [-0.39, 0.29) is 18.6 Å². The number of benzene rings is 1. The van der Waals surface area contributed by atoms with Crippen LogP contribution in [0.4, 0.5) is 0 Å². The Labute approximate surface area is 145 Å². The summed E-state index contributed by atoms with van der Waals surface area (Å²) in [7, 11) is 1.79. The third-order valence-corrected chi connectivity index (χ3v) is 4.61. The number of likely N-dealkylation sites (N-methyl/N-ethyl adjacent to an activating group) is 1. The van der Waals surface area contributed by atoms with E-state index in [9.17, 15) is 9.59 Å². The molecule has 1 aromatic heterocycles. The van der Waals surface area contributed by atoms with E-state index in [1.807, 2.05) is 36.6 Å². The molecule has 126 valence electrons. The second-order valence-corrected chi connectivity index (χ2v) is 6.28. The maximum Gasteiger partial charge on any atom is 0.255 e. The Balaban J connectivity index is 1.94. The summed E-state index contributed by atoms with van der Waals surface area (Å²) in [4.78, 5) is 25.8. The zero-order valence-electron chi connectivity index (χ0n) is 13.6. The maximum atomic E-state index is 12.3. The van der Waals surface area contributed by atoms with Gasteiger partial charge in [-0.3, -0.25) is 9.59 Å². The van der Waals surface area contributed by atoms with Crippen molar-refractivity contribution in [2.75, 3.05) is 13.7 Å². The van der Waals surface area contributed by atoms with Crippen LogP contribution in [0.3, 0.4) is 0 Å². The van der Waals surface area contributed by atoms with Crippen LogP contribution in [0.15, 0.2) is 47.9 Å². The molecule has 6 heteroatoms. The molecule has 0 fully saturated rings. The molecule has 1 aromatic carbocycles. The minimum absolute atomic E-state index is 0.0340. The number of hydrogen-bond acceptors (Lipinski definition) is 4. The highest BCUT2D eigenvalue weighted by Gasteiger charge is 2.15. The zero-order valence-corrected chi connectivity index (χ0v) is 14.5. The van der Waals surface area contributed by atoms with Crippen molar-refractivity contribution in [1.82, 2.24) is 4.90 Å².